The zero-order chi connectivity index (χ0) is 13.7. The highest BCUT2D eigenvalue weighted by atomic mass is 16.4. The van der Waals surface area contributed by atoms with Gasteiger partial charge in [-0.3, -0.25) is 14.4 Å². The number of primary amides is 1. The van der Waals surface area contributed by atoms with Gasteiger partial charge in [0, 0.05) is 12.5 Å². The van der Waals surface area contributed by atoms with Crippen LogP contribution in [-0.4, -0.2) is 35.0 Å². The molecule has 18 heavy (non-hydrogen) atoms. The predicted octanol–water partition coefficient (Wildman–Crippen LogP) is -1.05. The summed E-state index contributed by atoms with van der Waals surface area (Å²) in [6, 6.07) is -1.19. The summed E-state index contributed by atoms with van der Waals surface area (Å²) >= 11 is 0. The van der Waals surface area contributed by atoms with Gasteiger partial charge >= 0.3 is 5.97 Å². The molecule has 1 rings (SSSR count). The van der Waals surface area contributed by atoms with E-state index >= 15 is 0 Å². The summed E-state index contributed by atoms with van der Waals surface area (Å²) in [7, 11) is 0. The molecule has 2 amide bonds. The smallest absolute Gasteiger partial charge is 0.308 e. The maximum absolute atomic E-state index is 11.7. The fourth-order valence-corrected chi connectivity index (χ4v) is 2.15. The first kappa shape index (κ1) is 14.4. The molecule has 0 heterocycles. The number of carboxylic acids is 1. The predicted molar refractivity (Wildman–Crippen MR) is 63.3 cm³/mol. The number of hydrogen-bond donors (Lipinski definition) is 4. The number of hydrogen-bond acceptors (Lipinski definition) is 4. The number of carboxylic acid groups (broad SMARTS) is 1. The molecule has 3 atom stereocenters. The first-order valence-corrected chi connectivity index (χ1v) is 5.99. The average Bonchev–Trinajstić information content (AvgIpc) is 2.73. The summed E-state index contributed by atoms with van der Waals surface area (Å²) in [5, 5.41) is 11.6. The van der Waals surface area contributed by atoms with Crippen molar-refractivity contribution in [1.82, 2.24) is 5.32 Å². The van der Waals surface area contributed by atoms with E-state index in [4.69, 9.17) is 16.6 Å². The summed E-state index contributed by atoms with van der Waals surface area (Å²) in [6.45, 7) is 0. The summed E-state index contributed by atoms with van der Waals surface area (Å²) in [6.07, 6.45) is 2.20. The largest absolute Gasteiger partial charge is 0.481 e. The van der Waals surface area contributed by atoms with Crippen LogP contribution < -0.4 is 16.8 Å². The molecule has 1 aliphatic carbocycles. The Kier molecular flexibility index (Phi) is 5.08. The van der Waals surface area contributed by atoms with Gasteiger partial charge in [0.2, 0.25) is 11.8 Å². The fraction of sp³-hybridized carbons (Fsp3) is 0.727. The molecule has 7 nitrogen and oxygen atoms in total. The summed E-state index contributed by atoms with van der Waals surface area (Å²) in [4.78, 5) is 33.2. The van der Waals surface area contributed by atoms with Gasteiger partial charge in [-0.2, -0.15) is 0 Å². The van der Waals surface area contributed by atoms with Gasteiger partial charge in [-0.1, -0.05) is 6.42 Å². The van der Waals surface area contributed by atoms with Crippen molar-refractivity contribution >= 4 is 17.8 Å². The number of aliphatic carboxylic acids is 1. The minimum absolute atomic E-state index is 0.0433. The van der Waals surface area contributed by atoms with Crippen LogP contribution >= 0.6 is 0 Å². The fourth-order valence-electron chi connectivity index (χ4n) is 2.15. The van der Waals surface area contributed by atoms with Crippen molar-refractivity contribution in [2.24, 2.45) is 17.4 Å². The third-order valence-electron chi connectivity index (χ3n) is 3.20. The van der Waals surface area contributed by atoms with Crippen LogP contribution in [0, 0.1) is 5.92 Å². The summed E-state index contributed by atoms with van der Waals surface area (Å²) in [5.74, 6) is -2.38. The molecule has 1 saturated carbocycles. The minimum atomic E-state index is -0.900. The third kappa shape index (κ3) is 3.99. The van der Waals surface area contributed by atoms with Gasteiger partial charge in [-0.15, -0.1) is 0 Å². The number of carbonyl (C=O) groups is 3. The van der Waals surface area contributed by atoms with Crippen LogP contribution in [0.2, 0.25) is 0 Å². The van der Waals surface area contributed by atoms with Crippen molar-refractivity contribution in [2.75, 3.05) is 0 Å². The lowest BCUT2D eigenvalue weighted by Crippen LogP contribution is -2.48. The van der Waals surface area contributed by atoms with Crippen molar-refractivity contribution in [3.63, 3.8) is 0 Å². The molecule has 6 N–H and O–H groups in total. The zero-order valence-electron chi connectivity index (χ0n) is 10.1. The highest BCUT2D eigenvalue weighted by Gasteiger charge is 2.34. The SMILES string of the molecule is NC(=O)CC[C@H](N)C(=O)NC1CCCC1C(=O)O. The van der Waals surface area contributed by atoms with E-state index in [1.807, 2.05) is 0 Å². The molecule has 7 heteroatoms. The highest BCUT2D eigenvalue weighted by molar-refractivity contribution is 5.83. The molecule has 0 bridgehead atoms. The number of nitrogens with one attached hydrogen (secondary N) is 1. The lowest BCUT2D eigenvalue weighted by molar-refractivity contribution is -0.142. The number of carbonyl (C=O) groups excluding carboxylic acids is 2. The second-order valence-electron chi connectivity index (χ2n) is 4.60. The van der Waals surface area contributed by atoms with E-state index in [0.29, 0.717) is 12.8 Å². The molecule has 0 saturated heterocycles. The maximum Gasteiger partial charge on any atom is 0.308 e. The van der Waals surface area contributed by atoms with E-state index in [1.54, 1.807) is 0 Å². The second-order valence-corrected chi connectivity index (χ2v) is 4.60. The molecule has 1 aliphatic rings. The third-order valence-corrected chi connectivity index (χ3v) is 3.20. The summed E-state index contributed by atoms with van der Waals surface area (Å²) < 4.78 is 0. The minimum Gasteiger partial charge on any atom is -0.481 e. The van der Waals surface area contributed by atoms with Crippen molar-refractivity contribution in [3.8, 4) is 0 Å². The molecule has 0 radical (unpaired) electrons. The quantitative estimate of drug-likeness (QED) is 0.481. The van der Waals surface area contributed by atoms with Crippen LogP contribution in [0.25, 0.3) is 0 Å². The van der Waals surface area contributed by atoms with E-state index in [0.717, 1.165) is 6.42 Å². The Bertz CT molecular complexity index is 345. The van der Waals surface area contributed by atoms with Crippen molar-refractivity contribution < 1.29 is 19.5 Å². The van der Waals surface area contributed by atoms with Gasteiger partial charge in [0.25, 0.3) is 0 Å². The van der Waals surface area contributed by atoms with Crippen molar-refractivity contribution in [2.45, 2.75) is 44.2 Å². The molecule has 0 spiro atoms. The molecule has 0 aromatic carbocycles. The molecule has 102 valence electrons. The van der Waals surface area contributed by atoms with Gasteiger partial charge in [-0.05, 0) is 19.3 Å². The molecular weight excluding hydrogens is 238 g/mol. The lowest BCUT2D eigenvalue weighted by atomic mass is 10.0. The van der Waals surface area contributed by atoms with E-state index in [-0.39, 0.29) is 18.9 Å². The average molecular weight is 257 g/mol. The number of rotatable bonds is 6. The van der Waals surface area contributed by atoms with Gasteiger partial charge in [0.1, 0.15) is 0 Å². The monoisotopic (exact) mass is 257 g/mol. The Morgan fingerprint density at radius 1 is 1.33 bits per heavy atom. The zero-order valence-corrected chi connectivity index (χ0v) is 10.1. The Hall–Kier alpha value is -1.63. The topological polar surface area (TPSA) is 136 Å². The van der Waals surface area contributed by atoms with E-state index in [9.17, 15) is 14.4 Å². The highest BCUT2D eigenvalue weighted by Crippen LogP contribution is 2.25. The lowest BCUT2D eigenvalue weighted by Gasteiger charge is -2.20. The Labute approximate surface area is 105 Å². The van der Waals surface area contributed by atoms with Crippen LogP contribution in [-0.2, 0) is 14.4 Å². The molecule has 1 fully saturated rings. The Morgan fingerprint density at radius 2 is 2.00 bits per heavy atom. The molecule has 0 aromatic rings. The van der Waals surface area contributed by atoms with Gasteiger partial charge in [0.05, 0.1) is 12.0 Å². The number of amides is 2. The van der Waals surface area contributed by atoms with Gasteiger partial charge < -0.3 is 21.9 Å². The van der Waals surface area contributed by atoms with Crippen molar-refractivity contribution in [3.05, 3.63) is 0 Å². The van der Waals surface area contributed by atoms with Crippen LogP contribution in [0.4, 0.5) is 0 Å². The normalized spacial score (nSPS) is 24.5. The van der Waals surface area contributed by atoms with Crippen LogP contribution in [0.3, 0.4) is 0 Å². The van der Waals surface area contributed by atoms with Crippen LogP contribution in [0.15, 0.2) is 0 Å². The van der Waals surface area contributed by atoms with E-state index < -0.39 is 29.7 Å². The van der Waals surface area contributed by atoms with Crippen LogP contribution in [0.1, 0.15) is 32.1 Å². The standard InChI is InChI=1S/C11H19N3O4/c12-7(4-5-9(13)15)10(16)14-8-3-1-2-6(8)11(17)18/h6-8H,1-5,12H2,(H2,13,15)(H,14,16)(H,17,18)/t6?,7-,8?/m0/s1. The van der Waals surface area contributed by atoms with Crippen LogP contribution in [0.5, 0.6) is 0 Å². The Morgan fingerprint density at radius 3 is 2.56 bits per heavy atom. The summed E-state index contributed by atoms with van der Waals surface area (Å²) in [5.41, 5.74) is 10.6. The van der Waals surface area contributed by atoms with Crippen molar-refractivity contribution in [1.29, 1.82) is 0 Å². The molecule has 0 aliphatic heterocycles. The van der Waals surface area contributed by atoms with Gasteiger partial charge in [0.15, 0.2) is 0 Å². The maximum atomic E-state index is 11.7. The Balaban J connectivity index is 2.43. The molecule has 0 aromatic heterocycles. The first-order valence-electron chi connectivity index (χ1n) is 5.99. The second kappa shape index (κ2) is 6.34. The first-order chi connectivity index (χ1) is 8.41. The van der Waals surface area contributed by atoms with E-state index in [2.05, 4.69) is 5.32 Å². The molecular formula is C11H19N3O4. The van der Waals surface area contributed by atoms with E-state index in [1.165, 1.54) is 0 Å². The number of nitrogens with two attached hydrogens (primary N) is 2. The van der Waals surface area contributed by atoms with Gasteiger partial charge in [-0.25, -0.2) is 0 Å². The molecule has 2 unspecified atom stereocenters.